The van der Waals surface area contributed by atoms with Gasteiger partial charge in [0.15, 0.2) is 0 Å². The Balaban J connectivity index is 1.65. The Labute approximate surface area is 135 Å². The molecular weight excluding hydrogens is 322 g/mol. The van der Waals surface area contributed by atoms with Gasteiger partial charge in [0.1, 0.15) is 0 Å². The summed E-state index contributed by atoms with van der Waals surface area (Å²) < 4.78 is 1.15. The second kappa shape index (κ2) is 6.33. The molecule has 0 saturated carbocycles. The van der Waals surface area contributed by atoms with E-state index in [4.69, 9.17) is 0 Å². The fraction of sp³-hybridized carbons (Fsp3) is 0.368. The van der Waals surface area contributed by atoms with Crippen molar-refractivity contribution in [3.8, 4) is 0 Å². The topological polar surface area (TPSA) is 12.0 Å². The SMILES string of the molecule is Cc1ccc2c(c1)C(NC(C)Cc1ccc(Br)cc1)CC2. The van der Waals surface area contributed by atoms with Crippen molar-refractivity contribution in [2.24, 2.45) is 0 Å². The molecule has 2 aromatic rings. The van der Waals surface area contributed by atoms with Gasteiger partial charge in [0.2, 0.25) is 0 Å². The molecule has 1 aliphatic rings. The first-order chi connectivity index (χ1) is 10.1. The fourth-order valence-electron chi connectivity index (χ4n) is 3.27. The Morgan fingerprint density at radius 2 is 1.95 bits per heavy atom. The summed E-state index contributed by atoms with van der Waals surface area (Å²) in [4.78, 5) is 0. The number of nitrogens with one attached hydrogen (secondary N) is 1. The largest absolute Gasteiger partial charge is 0.307 e. The minimum atomic E-state index is 0.489. The summed E-state index contributed by atoms with van der Waals surface area (Å²) in [6.07, 6.45) is 3.51. The van der Waals surface area contributed by atoms with Crippen LogP contribution in [0.15, 0.2) is 46.9 Å². The van der Waals surface area contributed by atoms with Crippen LogP contribution in [-0.4, -0.2) is 6.04 Å². The lowest BCUT2D eigenvalue weighted by molar-refractivity contribution is 0.451. The Morgan fingerprint density at radius 1 is 1.19 bits per heavy atom. The third kappa shape index (κ3) is 3.56. The molecule has 110 valence electrons. The molecule has 0 radical (unpaired) electrons. The monoisotopic (exact) mass is 343 g/mol. The molecule has 0 aliphatic heterocycles. The predicted octanol–water partition coefficient (Wildman–Crippen LogP) is 4.97. The van der Waals surface area contributed by atoms with Gasteiger partial charge in [-0.1, -0.05) is 51.8 Å². The molecule has 0 saturated heterocycles. The van der Waals surface area contributed by atoms with E-state index in [0.29, 0.717) is 12.1 Å². The lowest BCUT2D eigenvalue weighted by Crippen LogP contribution is -2.31. The second-order valence-electron chi connectivity index (χ2n) is 6.19. The Morgan fingerprint density at radius 3 is 2.71 bits per heavy atom. The fourth-order valence-corrected chi connectivity index (χ4v) is 3.54. The number of aryl methyl sites for hydroxylation is 2. The van der Waals surface area contributed by atoms with Crippen molar-refractivity contribution in [3.05, 3.63) is 69.2 Å². The molecule has 1 aliphatic carbocycles. The van der Waals surface area contributed by atoms with Crippen LogP contribution in [0.5, 0.6) is 0 Å². The molecule has 0 spiro atoms. The number of fused-ring (bicyclic) bond motifs is 1. The minimum absolute atomic E-state index is 0.489. The first-order valence-electron chi connectivity index (χ1n) is 7.72. The summed E-state index contributed by atoms with van der Waals surface area (Å²) in [6.45, 7) is 4.47. The van der Waals surface area contributed by atoms with Crippen molar-refractivity contribution in [1.29, 1.82) is 0 Å². The van der Waals surface area contributed by atoms with Gasteiger partial charge in [0.25, 0.3) is 0 Å². The van der Waals surface area contributed by atoms with Gasteiger partial charge in [-0.05, 0) is 61.9 Å². The molecule has 0 bridgehead atoms. The molecule has 2 atom stereocenters. The van der Waals surface area contributed by atoms with Crippen LogP contribution in [0.1, 0.15) is 41.6 Å². The molecule has 1 nitrogen and oxygen atoms in total. The molecule has 21 heavy (non-hydrogen) atoms. The molecule has 0 aromatic heterocycles. The van der Waals surface area contributed by atoms with E-state index in [1.54, 1.807) is 0 Å². The third-order valence-corrected chi connectivity index (χ3v) is 4.85. The van der Waals surface area contributed by atoms with E-state index in [1.807, 2.05) is 0 Å². The molecule has 2 unspecified atom stereocenters. The second-order valence-corrected chi connectivity index (χ2v) is 7.11. The van der Waals surface area contributed by atoms with Crippen LogP contribution in [0.25, 0.3) is 0 Å². The minimum Gasteiger partial charge on any atom is -0.307 e. The smallest absolute Gasteiger partial charge is 0.0328 e. The highest BCUT2D eigenvalue weighted by Gasteiger charge is 2.23. The lowest BCUT2D eigenvalue weighted by atomic mass is 10.0. The number of hydrogen-bond acceptors (Lipinski definition) is 1. The summed E-state index contributed by atoms with van der Waals surface area (Å²) in [5.74, 6) is 0. The quantitative estimate of drug-likeness (QED) is 0.826. The van der Waals surface area contributed by atoms with E-state index in [0.717, 1.165) is 10.9 Å². The third-order valence-electron chi connectivity index (χ3n) is 4.32. The summed E-state index contributed by atoms with van der Waals surface area (Å²) in [5.41, 5.74) is 5.79. The molecule has 0 heterocycles. The zero-order valence-electron chi connectivity index (χ0n) is 12.7. The first kappa shape index (κ1) is 14.8. The summed E-state index contributed by atoms with van der Waals surface area (Å²) in [6, 6.07) is 16.5. The zero-order valence-corrected chi connectivity index (χ0v) is 14.3. The number of benzene rings is 2. The van der Waals surface area contributed by atoms with E-state index < -0.39 is 0 Å². The van der Waals surface area contributed by atoms with Gasteiger partial charge < -0.3 is 5.32 Å². The normalized spacial score (nSPS) is 18.5. The average Bonchev–Trinajstić information content (AvgIpc) is 2.84. The van der Waals surface area contributed by atoms with Crippen molar-refractivity contribution in [2.45, 2.75) is 45.2 Å². The zero-order chi connectivity index (χ0) is 14.8. The average molecular weight is 344 g/mol. The van der Waals surface area contributed by atoms with Crippen LogP contribution in [0.3, 0.4) is 0 Å². The maximum Gasteiger partial charge on any atom is 0.0328 e. The summed E-state index contributed by atoms with van der Waals surface area (Å²) >= 11 is 3.49. The van der Waals surface area contributed by atoms with Crippen LogP contribution in [0.2, 0.25) is 0 Å². The molecule has 0 fully saturated rings. The highest BCUT2D eigenvalue weighted by molar-refractivity contribution is 9.10. The Hall–Kier alpha value is -1.12. The van der Waals surface area contributed by atoms with Crippen molar-refractivity contribution in [3.63, 3.8) is 0 Å². The van der Waals surface area contributed by atoms with Gasteiger partial charge >= 0.3 is 0 Å². The Kier molecular flexibility index (Phi) is 4.46. The molecule has 1 N–H and O–H groups in total. The van der Waals surface area contributed by atoms with Crippen LogP contribution in [0, 0.1) is 6.92 Å². The summed E-state index contributed by atoms with van der Waals surface area (Å²) in [7, 11) is 0. The van der Waals surface area contributed by atoms with E-state index in [2.05, 4.69) is 77.6 Å². The van der Waals surface area contributed by atoms with Crippen LogP contribution in [0.4, 0.5) is 0 Å². The number of rotatable bonds is 4. The van der Waals surface area contributed by atoms with Gasteiger partial charge in [-0.25, -0.2) is 0 Å². The molecular formula is C19H22BrN. The van der Waals surface area contributed by atoms with Crippen LogP contribution in [-0.2, 0) is 12.8 Å². The predicted molar refractivity (Wildman–Crippen MR) is 92.7 cm³/mol. The molecule has 0 amide bonds. The molecule has 2 heteroatoms. The van der Waals surface area contributed by atoms with E-state index in [-0.39, 0.29) is 0 Å². The Bertz CT molecular complexity index is 618. The van der Waals surface area contributed by atoms with E-state index >= 15 is 0 Å². The van der Waals surface area contributed by atoms with Crippen molar-refractivity contribution in [2.75, 3.05) is 0 Å². The highest BCUT2D eigenvalue weighted by atomic mass is 79.9. The van der Waals surface area contributed by atoms with E-state index in [9.17, 15) is 0 Å². The van der Waals surface area contributed by atoms with Crippen molar-refractivity contribution < 1.29 is 0 Å². The lowest BCUT2D eigenvalue weighted by Gasteiger charge is -2.21. The molecule has 3 rings (SSSR count). The summed E-state index contributed by atoms with van der Waals surface area (Å²) in [5, 5.41) is 3.81. The van der Waals surface area contributed by atoms with Crippen molar-refractivity contribution >= 4 is 15.9 Å². The van der Waals surface area contributed by atoms with Gasteiger partial charge in [-0.2, -0.15) is 0 Å². The maximum absolute atomic E-state index is 3.81. The van der Waals surface area contributed by atoms with E-state index in [1.165, 1.54) is 35.1 Å². The van der Waals surface area contributed by atoms with Crippen molar-refractivity contribution in [1.82, 2.24) is 5.32 Å². The first-order valence-corrected chi connectivity index (χ1v) is 8.51. The van der Waals surface area contributed by atoms with Gasteiger partial charge in [-0.15, -0.1) is 0 Å². The number of hydrogen-bond donors (Lipinski definition) is 1. The highest BCUT2D eigenvalue weighted by Crippen LogP contribution is 2.32. The van der Waals surface area contributed by atoms with Gasteiger partial charge in [0, 0.05) is 16.6 Å². The van der Waals surface area contributed by atoms with Gasteiger partial charge in [0.05, 0.1) is 0 Å². The van der Waals surface area contributed by atoms with Crippen LogP contribution >= 0.6 is 15.9 Å². The van der Waals surface area contributed by atoms with Crippen LogP contribution < -0.4 is 5.32 Å². The maximum atomic E-state index is 3.81. The number of halogens is 1. The standard InChI is InChI=1S/C19H22BrN/c1-13-3-6-16-7-10-19(18(16)11-13)21-14(2)12-15-4-8-17(20)9-5-15/h3-6,8-9,11,14,19,21H,7,10,12H2,1-2H3. The molecule has 2 aromatic carbocycles. The van der Waals surface area contributed by atoms with Gasteiger partial charge in [-0.3, -0.25) is 0 Å².